The molecule has 2 unspecified atom stereocenters. The number of nitro benzene ring substituents is 1. The van der Waals surface area contributed by atoms with Crippen molar-refractivity contribution in [2.24, 2.45) is 5.92 Å². The van der Waals surface area contributed by atoms with Crippen LogP contribution in [0.25, 0.3) is 0 Å². The fourth-order valence-electron chi connectivity index (χ4n) is 2.85. The van der Waals surface area contributed by atoms with Gasteiger partial charge in [0.25, 0.3) is 5.69 Å². The quantitative estimate of drug-likeness (QED) is 0.635. The van der Waals surface area contributed by atoms with Gasteiger partial charge in [-0.1, -0.05) is 13.0 Å². The molecule has 20 heavy (non-hydrogen) atoms. The third-order valence-electron chi connectivity index (χ3n) is 4.10. The molecular weight excluding hydrogens is 258 g/mol. The lowest BCUT2D eigenvalue weighted by Crippen LogP contribution is -2.34. The summed E-state index contributed by atoms with van der Waals surface area (Å²) in [5.41, 5.74) is 1.64. The first-order chi connectivity index (χ1) is 9.56. The molecule has 2 rings (SSSR count). The number of benzene rings is 1. The Morgan fingerprint density at radius 1 is 1.55 bits per heavy atom. The molecule has 2 N–H and O–H groups in total. The summed E-state index contributed by atoms with van der Waals surface area (Å²) in [6.07, 6.45) is 1.08. The molecule has 1 aliphatic heterocycles. The topological polar surface area (TPSA) is 78.6 Å². The van der Waals surface area contributed by atoms with E-state index in [2.05, 4.69) is 17.1 Å². The number of aliphatic hydroxyl groups is 1. The number of nitrogens with one attached hydrogen (secondary N) is 1. The van der Waals surface area contributed by atoms with E-state index >= 15 is 0 Å². The number of nitro groups is 1. The molecule has 6 nitrogen and oxygen atoms in total. The van der Waals surface area contributed by atoms with Crippen LogP contribution in [-0.4, -0.2) is 41.2 Å². The first-order valence-corrected chi connectivity index (χ1v) is 6.86. The van der Waals surface area contributed by atoms with E-state index in [0.717, 1.165) is 18.5 Å². The van der Waals surface area contributed by atoms with Crippen LogP contribution in [-0.2, 0) is 6.54 Å². The number of anilines is 1. The average molecular weight is 279 g/mol. The molecule has 1 saturated heterocycles. The number of hydrogen-bond donors (Lipinski definition) is 2. The number of likely N-dealkylation sites (tertiary alicyclic amines) is 1. The standard InChI is InChI=1S/C14H21N3O3/c1-10-5-6-16(14(10)9-18)8-11-3-4-13(17(19)20)12(7-11)15-2/h3-4,7,10,14-15,18H,5-6,8-9H2,1-2H3. The minimum atomic E-state index is -0.385. The van der Waals surface area contributed by atoms with Gasteiger partial charge in [-0.3, -0.25) is 15.0 Å². The zero-order valence-corrected chi connectivity index (χ0v) is 11.9. The predicted molar refractivity (Wildman–Crippen MR) is 77.7 cm³/mol. The van der Waals surface area contributed by atoms with Gasteiger partial charge in [0, 0.05) is 25.7 Å². The van der Waals surface area contributed by atoms with Gasteiger partial charge in [-0.05, 0) is 30.5 Å². The third-order valence-corrected chi connectivity index (χ3v) is 4.10. The minimum Gasteiger partial charge on any atom is -0.395 e. The molecule has 0 saturated carbocycles. The number of nitrogens with zero attached hydrogens (tertiary/aromatic N) is 2. The Balaban J connectivity index is 2.16. The van der Waals surface area contributed by atoms with Crippen LogP contribution in [0.5, 0.6) is 0 Å². The van der Waals surface area contributed by atoms with E-state index < -0.39 is 0 Å². The van der Waals surface area contributed by atoms with Gasteiger partial charge in [-0.2, -0.15) is 0 Å². The Bertz CT molecular complexity index is 493. The molecule has 2 atom stereocenters. The molecule has 0 amide bonds. The second-order valence-corrected chi connectivity index (χ2v) is 5.34. The van der Waals surface area contributed by atoms with Gasteiger partial charge in [0.15, 0.2) is 0 Å². The van der Waals surface area contributed by atoms with Crippen molar-refractivity contribution in [3.8, 4) is 0 Å². The first kappa shape index (κ1) is 14.7. The fraction of sp³-hybridized carbons (Fsp3) is 0.571. The maximum Gasteiger partial charge on any atom is 0.292 e. The van der Waals surface area contributed by atoms with Crippen LogP contribution in [0, 0.1) is 16.0 Å². The van der Waals surface area contributed by atoms with Crippen molar-refractivity contribution in [2.45, 2.75) is 25.9 Å². The van der Waals surface area contributed by atoms with Crippen molar-refractivity contribution in [3.63, 3.8) is 0 Å². The molecule has 0 radical (unpaired) electrons. The van der Waals surface area contributed by atoms with Crippen molar-refractivity contribution in [1.29, 1.82) is 0 Å². The molecule has 0 aliphatic carbocycles. The van der Waals surface area contributed by atoms with E-state index in [4.69, 9.17) is 0 Å². The highest BCUT2D eigenvalue weighted by Gasteiger charge is 2.30. The summed E-state index contributed by atoms with van der Waals surface area (Å²) in [6, 6.07) is 5.32. The molecule has 1 aliphatic rings. The largest absolute Gasteiger partial charge is 0.395 e. The summed E-state index contributed by atoms with van der Waals surface area (Å²) in [6.45, 7) is 3.98. The first-order valence-electron chi connectivity index (χ1n) is 6.86. The van der Waals surface area contributed by atoms with Gasteiger partial charge < -0.3 is 10.4 Å². The minimum absolute atomic E-state index is 0.0877. The SMILES string of the molecule is CNc1cc(CN2CCC(C)C2CO)ccc1[N+](=O)[O-]. The predicted octanol–water partition coefficient (Wildman–Crippen LogP) is 1.84. The van der Waals surface area contributed by atoms with Crippen LogP contribution in [0.3, 0.4) is 0 Å². The van der Waals surface area contributed by atoms with Crippen LogP contribution < -0.4 is 5.32 Å². The zero-order chi connectivity index (χ0) is 14.7. The molecule has 1 fully saturated rings. The highest BCUT2D eigenvalue weighted by molar-refractivity contribution is 5.62. The van der Waals surface area contributed by atoms with Crippen molar-refractivity contribution < 1.29 is 10.0 Å². The Morgan fingerprint density at radius 2 is 2.30 bits per heavy atom. The Hall–Kier alpha value is -1.66. The monoisotopic (exact) mass is 279 g/mol. The number of rotatable bonds is 5. The molecule has 0 bridgehead atoms. The fourth-order valence-corrected chi connectivity index (χ4v) is 2.85. The summed E-state index contributed by atoms with van der Waals surface area (Å²) in [5.74, 6) is 0.488. The smallest absolute Gasteiger partial charge is 0.292 e. The van der Waals surface area contributed by atoms with Crippen molar-refractivity contribution in [1.82, 2.24) is 4.90 Å². The summed E-state index contributed by atoms with van der Waals surface area (Å²) in [5, 5.41) is 23.2. The molecule has 1 aromatic carbocycles. The lowest BCUT2D eigenvalue weighted by molar-refractivity contribution is -0.384. The third kappa shape index (κ3) is 2.91. The van der Waals surface area contributed by atoms with Crippen molar-refractivity contribution >= 4 is 11.4 Å². The molecule has 110 valence electrons. The lowest BCUT2D eigenvalue weighted by Gasteiger charge is -2.25. The second kappa shape index (κ2) is 6.19. The lowest BCUT2D eigenvalue weighted by atomic mass is 10.0. The number of hydrogen-bond acceptors (Lipinski definition) is 5. The van der Waals surface area contributed by atoms with Crippen LogP contribution >= 0.6 is 0 Å². The van der Waals surface area contributed by atoms with E-state index in [1.165, 1.54) is 6.07 Å². The van der Waals surface area contributed by atoms with E-state index in [1.54, 1.807) is 13.1 Å². The average Bonchev–Trinajstić information content (AvgIpc) is 2.78. The molecule has 0 aromatic heterocycles. The van der Waals surface area contributed by atoms with Crippen LogP contribution in [0.2, 0.25) is 0 Å². The molecule has 6 heteroatoms. The summed E-state index contributed by atoms with van der Waals surface area (Å²) in [7, 11) is 1.68. The van der Waals surface area contributed by atoms with Gasteiger partial charge >= 0.3 is 0 Å². The van der Waals surface area contributed by atoms with Crippen molar-refractivity contribution in [3.05, 3.63) is 33.9 Å². The maximum atomic E-state index is 10.9. The van der Waals surface area contributed by atoms with Crippen molar-refractivity contribution in [2.75, 3.05) is 25.5 Å². The number of aliphatic hydroxyl groups excluding tert-OH is 1. The highest BCUT2D eigenvalue weighted by atomic mass is 16.6. The summed E-state index contributed by atoms with van der Waals surface area (Å²) >= 11 is 0. The van der Waals surface area contributed by atoms with E-state index in [0.29, 0.717) is 18.2 Å². The van der Waals surface area contributed by atoms with Crippen LogP contribution in [0.4, 0.5) is 11.4 Å². The molecular formula is C14H21N3O3. The van der Waals surface area contributed by atoms with E-state index in [-0.39, 0.29) is 23.3 Å². The summed E-state index contributed by atoms with van der Waals surface area (Å²) in [4.78, 5) is 12.8. The van der Waals surface area contributed by atoms with Gasteiger partial charge in [0.2, 0.25) is 0 Å². The van der Waals surface area contributed by atoms with Gasteiger partial charge in [0.1, 0.15) is 5.69 Å². The molecule has 1 heterocycles. The van der Waals surface area contributed by atoms with Gasteiger partial charge in [-0.15, -0.1) is 0 Å². The molecule has 0 spiro atoms. The Morgan fingerprint density at radius 3 is 2.90 bits per heavy atom. The normalized spacial score (nSPS) is 22.9. The van der Waals surface area contributed by atoms with E-state index in [1.807, 2.05) is 6.07 Å². The zero-order valence-electron chi connectivity index (χ0n) is 11.9. The Kier molecular flexibility index (Phi) is 4.57. The molecule has 1 aromatic rings. The highest BCUT2D eigenvalue weighted by Crippen LogP contribution is 2.29. The van der Waals surface area contributed by atoms with E-state index in [9.17, 15) is 15.2 Å². The maximum absolute atomic E-state index is 10.9. The second-order valence-electron chi connectivity index (χ2n) is 5.34. The van der Waals surface area contributed by atoms with Crippen LogP contribution in [0.15, 0.2) is 18.2 Å². The van der Waals surface area contributed by atoms with Crippen LogP contribution in [0.1, 0.15) is 18.9 Å². The Labute approximate surface area is 118 Å². The van der Waals surface area contributed by atoms with Gasteiger partial charge in [0.05, 0.1) is 11.5 Å². The summed E-state index contributed by atoms with van der Waals surface area (Å²) < 4.78 is 0. The van der Waals surface area contributed by atoms with Gasteiger partial charge in [-0.25, -0.2) is 0 Å².